The van der Waals surface area contributed by atoms with Gasteiger partial charge in [0.25, 0.3) is 0 Å². The van der Waals surface area contributed by atoms with Crippen molar-refractivity contribution in [3.8, 4) is 0 Å². The van der Waals surface area contributed by atoms with Gasteiger partial charge in [0.05, 0.1) is 16.6 Å². The second-order valence-corrected chi connectivity index (χ2v) is 4.73. The average molecular weight is 211 g/mol. The maximum atomic E-state index is 6.03. The summed E-state index contributed by atoms with van der Waals surface area (Å²) >= 11 is 1.40. The van der Waals surface area contributed by atoms with Crippen LogP contribution in [0, 0.1) is 0 Å². The Morgan fingerprint density at radius 3 is 2.57 bits per heavy atom. The minimum Gasteiger partial charge on any atom is -0.320 e. The van der Waals surface area contributed by atoms with Crippen molar-refractivity contribution in [2.45, 2.75) is 39.7 Å². The monoisotopic (exact) mass is 211 g/mol. The first-order valence-corrected chi connectivity index (χ1v) is 5.52. The zero-order chi connectivity index (χ0) is 10.7. The Kier molecular flexibility index (Phi) is 3.77. The van der Waals surface area contributed by atoms with E-state index in [1.54, 1.807) is 0 Å². The summed E-state index contributed by atoms with van der Waals surface area (Å²) in [6.45, 7) is 8.30. The number of hydrogen-bond acceptors (Lipinski definition) is 4. The third-order valence-corrected chi connectivity index (χ3v) is 2.74. The van der Waals surface area contributed by atoms with Gasteiger partial charge in [-0.3, -0.25) is 0 Å². The molecule has 0 saturated carbocycles. The fourth-order valence-electron chi connectivity index (χ4n) is 1.27. The molecule has 0 saturated heterocycles. The Hall–Kier alpha value is -0.740. The summed E-state index contributed by atoms with van der Waals surface area (Å²) in [6, 6.07) is -0.0580. The zero-order valence-electron chi connectivity index (χ0n) is 9.11. The number of rotatable bonds is 3. The molecule has 1 atom stereocenters. The number of allylic oxidation sites excluding steroid dienone is 1. The van der Waals surface area contributed by atoms with E-state index >= 15 is 0 Å². The van der Waals surface area contributed by atoms with Crippen LogP contribution in [0.4, 0.5) is 0 Å². The first-order chi connectivity index (χ1) is 6.52. The van der Waals surface area contributed by atoms with Gasteiger partial charge in [0, 0.05) is 0 Å². The van der Waals surface area contributed by atoms with E-state index in [9.17, 15) is 0 Å². The predicted octanol–water partition coefficient (Wildman–Crippen LogP) is 2.63. The van der Waals surface area contributed by atoms with Gasteiger partial charge in [-0.1, -0.05) is 30.0 Å². The highest BCUT2D eigenvalue weighted by Gasteiger charge is 2.15. The summed E-state index contributed by atoms with van der Waals surface area (Å²) in [4.78, 5) is 1.08. The largest absolute Gasteiger partial charge is 0.320 e. The van der Waals surface area contributed by atoms with Crippen LogP contribution in [0.1, 0.15) is 50.2 Å². The van der Waals surface area contributed by atoms with Crippen molar-refractivity contribution in [3.05, 3.63) is 22.2 Å². The molecule has 0 radical (unpaired) electrons. The van der Waals surface area contributed by atoms with Gasteiger partial charge in [0.15, 0.2) is 0 Å². The van der Waals surface area contributed by atoms with Gasteiger partial charge in [0.1, 0.15) is 0 Å². The third kappa shape index (κ3) is 2.62. The maximum absolute atomic E-state index is 6.03. The van der Waals surface area contributed by atoms with E-state index in [1.807, 2.05) is 19.9 Å². The third-order valence-electron chi connectivity index (χ3n) is 1.90. The molecule has 0 aliphatic carbocycles. The molecule has 14 heavy (non-hydrogen) atoms. The Morgan fingerprint density at radius 2 is 2.07 bits per heavy atom. The highest BCUT2D eigenvalue weighted by molar-refractivity contribution is 7.05. The van der Waals surface area contributed by atoms with Gasteiger partial charge in [-0.05, 0) is 31.3 Å². The van der Waals surface area contributed by atoms with Crippen LogP contribution in [-0.2, 0) is 0 Å². The number of nitrogens with two attached hydrogens (primary N) is 1. The van der Waals surface area contributed by atoms with Crippen molar-refractivity contribution < 1.29 is 0 Å². The molecule has 0 aliphatic rings. The fourth-order valence-corrected chi connectivity index (χ4v) is 2.05. The lowest BCUT2D eigenvalue weighted by Gasteiger charge is -2.08. The molecule has 1 rings (SSSR count). The zero-order valence-corrected chi connectivity index (χ0v) is 9.93. The highest BCUT2D eigenvalue weighted by atomic mass is 32.1. The normalized spacial score (nSPS) is 13.0. The number of hydrogen-bond donors (Lipinski definition) is 1. The lowest BCUT2D eigenvalue weighted by molar-refractivity contribution is 0.776. The Balaban J connectivity index is 2.95. The van der Waals surface area contributed by atoms with Crippen LogP contribution in [-0.4, -0.2) is 9.59 Å². The Morgan fingerprint density at radius 1 is 1.43 bits per heavy atom. The molecule has 3 nitrogen and oxygen atoms in total. The summed E-state index contributed by atoms with van der Waals surface area (Å²) in [5, 5.41) is 4.10. The summed E-state index contributed by atoms with van der Waals surface area (Å²) in [6.07, 6.45) is 2.04. The molecule has 4 heteroatoms. The molecule has 1 heterocycles. The SMILES string of the molecule is CC(C)=CC(N)c1snnc1C(C)C. The summed E-state index contributed by atoms with van der Waals surface area (Å²) < 4.78 is 3.95. The fraction of sp³-hybridized carbons (Fsp3) is 0.600. The molecule has 0 amide bonds. The van der Waals surface area contributed by atoms with Gasteiger partial charge >= 0.3 is 0 Å². The Bertz CT molecular complexity index is 324. The van der Waals surface area contributed by atoms with Crippen molar-refractivity contribution in [1.82, 2.24) is 9.59 Å². The lowest BCUT2D eigenvalue weighted by Crippen LogP contribution is -2.09. The molecule has 1 unspecified atom stereocenters. The topological polar surface area (TPSA) is 51.8 Å². The van der Waals surface area contributed by atoms with Gasteiger partial charge in [-0.25, -0.2) is 0 Å². The Labute approximate surface area is 89.2 Å². The minimum atomic E-state index is -0.0580. The summed E-state index contributed by atoms with van der Waals surface area (Å²) in [7, 11) is 0. The van der Waals surface area contributed by atoms with Gasteiger partial charge in [-0.15, -0.1) is 5.10 Å². The van der Waals surface area contributed by atoms with Crippen LogP contribution in [0.15, 0.2) is 11.6 Å². The molecule has 2 N–H and O–H groups in total. The molecule has 0 aliphatic heterocycles. The quantitative estimate of drug-likeness (QED) is 0.782. The molecule has 1 aromatic rings. The van der Waals surface area contributed by atoms with E-state index < -0.39 is 0 Å². The first-order valence-electron chi connectivity index (χ1n) is 4.75. The van der Waals surface area contributed by atoms with Crippen LogP contribution < -0.4 is 5.73 Å². The number of aromatic nitrogens is 2. The highest BCUT2D eigenvalue weighted by Crippen LogP contribution is 2.25. The van der Waals surface area contributed by atoms with Crippen LogP contribution in [0.3, 0.4) is 0 Å². The van der Waals surface area contributed by atoms with Gasteiger partial charge in [-0.2, -0.15) is 0 Å². The van der Waals surface area contributed by atoms with Gasteiger partial charge in [0.2, 0.25) is 0 Å². The molecule has 0 aromatic carbocycles. The molecule has 1 aromatic heterocycles. The van der Waals surface area contributed by atoms with Crippen molar-refractivity contribution in [2.24, 2.45) is 5.73 Å². The van der Waals surface area contributed by atoms with Crippen molar-refractivity contribution in [3.63, 3.8) is 0 Å². The van der Waals surface area contributed by atoms with E-state index in [0.717, 1.165) is 10.6 Å². The van der Waals surface area contributed by atoms with Crippen molar-refractivity contribution >= 4 is 11.5 Å². The van der Waals surface area contributed by atoms with E-state index in [2.05, 4.69) is 23.4 Å². The van der Waals surface area contributed by atoms with Gasteiger partial charge < -0.3 is 5.73 Å². The minimum absolute atomic E-state index is 0.0580. The summed E-state index contributed by atoms with van der Waals surface area (Å²) in [5.74, 6) is 0.389. The van der Waals surface area contributed by atoms with Crippen molar-refractivity contribution in [2.75, 3.05) is 0 Å². The van der Waals surface area contributed by atoms with E-state index in [4.69, 9.17) is 5.73 Å². The van der Waals surface area contributed by atoms with Crippen LogP contribution in [0.5, 0.6) is 0 Å². The van der Waals surface area contributed by atoms with Crippen LogP contribution >= 0.6 is 11.5 Å². The number of nitrogens with zero attached hydrogens (tertiary/aromatic N) is 2. The molecular formula is C10H17N3S. The predicted molar refractivity (Wildman–Crippen MR) is 60.4 cm³/mol. The van der Waals surface area contributed by atoms with E-state index in [0.29, 0.717) is 5.92 Å². The molecule has 0 fully saturated rings. The van der Waals surface area contributed by atoms with Crippen molar-refractivity contribution in [1.29, 1.82) is 0 Å². The van der Waals surface area contributed by atoms with E-state index in [-0.39, 0.29) is 6.04 Å². The molecular weight excluding hydrogens is 194 g/mol. The molecule has 0 spiro atoms. The lowest BCUT2D eigenvalue weighted by atomic mass is 10.1. The summed E-state index contributed by atoms with van der Waals surface area (Å²) in [5.41, 5.74) is 8.28. The average Bonchev–Trinajstić information content (AvgIpc) is 2.49. The smallest absolute Gasteiger partial charge is 0.0832 e. The first kappa shape index (κ1) is 11.3. The van der Waals surface area contributed by atoms with Crippen LogP contribution in [0.2, 0.25) is 0 Å². The van der Waals surface area contributed by atoms with E-state index in [1.165, 1.54) is 17.1 Å². The molecule has 0 bridgehead atoms. The molecule has 78 valence electrons. The van der Waals surface area contributed by atoms with Crippen LogP contribution in [0.25, 0.3) is 0 Å². The standard InChI is InChI=1S/C10H17N3S/c1-6(2)5-8(11)10-9(7(3)4)12-13-14-10/h5,7-8H,11H2,1-4H3. The maximum Gasteiger partial charge on any atom is 0.0832 e. The second kappa shape index (κ2) is 4.66. The second-order valence-electron chi connectivity index (χ2n) is 3.95.